The number of nitrogens with zero attached hydrogens (tertiary/aromatic N) is 3. The van der Waals surface area contributed by atoms with Crippen LogP contribution in [0.5, 0.6) is 0 Å². The van der Waals surface area contributed by atoms with Gasteiger partial charge in [0, 0.05) is 36.6 Å². The number of halogens is 2. The molecule has 8 nitrogen and oxygen atoms in total. The van der Waals surface area contributed by atoms with Crippen LogP contribution in [0.4, 0.5) is 8.78 Å². The van der Waals surface area contributed by atoms with E-state index in [1.165, 1.54) is 15.8 Å². The molecule has 0 aliphatic carbocycles. The first kappa shape index (κ1) is 27.9. The second kappa shape index (κ2) is 10.6. The number of hydrogen-bond donors (Lipinski definition) is 1. The molecule has 1 aliphatic rings. The molecule has 1 unspecified atom stereocenters. The minimum Gasteiger partial charge on any atom is -0.460 e. The Bertz CT molecular complexity index is 1390. The van der Waals surface area contributed by atoms with Crippen LogP contribution in [-0.4, -0.2) is 50.0 Å². The van der Waals surface area contributed by atoms with Crippen molar-refractivity contribution in [1.82, 2.24) is 14.7 Å². The summed E-state index contributed by atoms with van der Waals surface area (Å²) in [6.07, 6.45) is 1.50. The monoisotopic (exact) mass is 538 g/mol. The maximum Gasteiger partial charge on any atom is 0.306 e. The molecule has 10 heteroatoms. The lowest BCUT2D eigenvalue weighted by molar-refractivity contribution is -0.155. The van der Waals surface area contributed by atoms with E-state index in [1.807, 2.05) is 30.3 Å². The molecule has 1 aromatic heterocycles. The van der Waals surface area contributed by atoms with E-state index in [0.717, 1.165) is 12.5 Å². The number of ether oxygens (including phenoxy) is 1. The van der Waals surface area contributed by atoms with Gasteiger partial charge in [-0.15, -0.1) is 0 Å². The number of amides is 2. The van der Waals surface area contributed by atoms with Crippen LogP contribution in [0, 0.1) is 0 Å². The van der Waals surface area contributed by atoms with E-state index in [-0.39, 0.29) is 25.3 Å². The number of primary amides is 1. The van der Waals surface area contributed by atoms with E-state index < -0.39 is 36.0 Å². The van der Waals surface area contributed by atoms with E-state index in [4.69, 9.17) is 10.5 Å². The highest BCUT2D eigenvalue weighted by Crippen LogP contribution is 2.36. The van der Waals surface area contributed by atoms with Gasteiger partial charge in [-0.3, -0.25) is 19.1 Å². The quantitative estimate of drug-likeness (QED) is 0.394. The molecule has 1 aliphatic heterocycles. The number of nitrogens with two attached hydrogens (primary N) is 1. The smallest absolute Gasteiger partial charge is 0.306 e. The number of hydrogen-bond acceptors (Lipinski definition) is 5. The molecule has 0 saturated heterocycles. The van der Waals surface area contributed by atoms with Crippen molar-refractivity contribution in [2.45, 2.75) is 71.2 Å². The molecule has 206 valence electrons. The van der Waals surface area contributed by atoms with Crippen molar-refractivity contribution in [1.29, 1.82) is 0 Å². The van der Waals surface area contributed by atoms with Crippen molar-refractivity contribution in [3.63, 3.8) is 0 Å². The first-order valence-corrected chi connectivity index (χ1v) is 12.7. The van der Waals surface area contributed by atoms with E-state index in [9.17, 15) is 23.2 Å². The number of benzene rings is 2. The van der Waals surface area contributed by atoms with Crippen LogP contribution in [0.1, 0.15) is 56.5 Å². The Morgan fingerprint density at radius 2 is 1.74 bits per heavy atom. The number of esters is 1. The average molecular weight is 539 g/mol. The second-order valence-electron chi connectivity index (χ2n) is 10.8. The Morgan fingerprint density at radius 1 is 1.05 bits per heavy atom. The van der Waals surface area contributed by atoms with Crippen molar-refractivity contribution in [3.05, 3.63) is 65.9 Å². The van der Waals surface area contributed by atoms with E-state index in [0.29, 0.717) is 27.9 Å². The summed E-state index contributed by atoms with van der Waals surface area (Å²) < 4.78 is 34.5. The largest absolute Gasteiger partial charge is 0.460 e. The summed E-state index contributed by atoms with van der Waals surface area (Å²) in [5, 5.41) is 4.25. The van der Waals surface area contributed by atoms with E-state index >= 15 is 0 Å². The number of fused-ring (bicyclic) bond motifs is 1. The van der Waals surface area contributed by atoms with Crippen LogP contribution < -0.4 is 5.73 Å². The van der Waals surface area contributed by atoms with Gasteiger partial charge in [0.1, 0.15) is 18.2 Å². The molecule has 0 bridgehead atoms. The maximum absolute atomic E-state index is 13.9. The van der Waals surface area contributed by atoms with E-state index in [1.54, 1.807) is 39.0 Å². The summed E-state index contributed by atoms with van der Waals surface area (Å²) in [7, 11) is 0. The van der Waals surface area contributed by atoms with E-state index in [2.05, 4.69) is 5.10 Å². The molecule has 39 heavy (non-hydrogen) atoms. The Balaban J connectivity index is 1.63. The van der Waals surface area contributed by atoms with Crippen LogP contribution in [0.25, 0.3) is 22.4 Å². The highest BCUT2D eigenvalue weighted by molar-refractivity contribution is 6.01. The minimum atomic E-state index is -2.97. The Morgan fingerprint density at radius 3 is 2.36 bits per heavy atom. The molecule has 0 spiro atoms. The summed E-state index contributed by atoms with van der Waals surface area (Å²) in [6.45, 7) is 5.61. The average Bonchev–Trinajstić information content (AvgIpc) is 3.38. The SMILES string of the molecule is CC(F)(F)Cn1ncc(-c2ccc3c(c2)CN(C(CCC(=O)OC(C)(C)C)C(N)=O)C3=O)c1-c1ccccc1. The summed E-state index contributed by atoms with van der Waals surface area (Å²) in [4.78, 5) is 39.1. The third-order valence-corrected chi connectivity index (χ3v) is 6.31. The molecule has 0 saturated carbocycles. The Kier molecular flexibility index (Phi) is 7.59. The number of carbonyl (C=O) groups is 3. The third-order valence-electron chi connectivity index (χ3n) is 6.31. The van der Waals surface area contributed by atoms with Crippen LogP contribution in [0.15, 0.2) is 54.7 Å². The minimum absolute atomic E-state index is 0.0347. The van der Waals surface area contributed by atoms with Crippen LogP contribution in [-0.2, 0) is 27.4 Å². The molecule has 3 aromatic rings. The second-order valence-corrected chi connectivity index (χ2v) is 10.8. The topological polar surface area (TPSA) is 108 Å². The molecule has 1 atom stereocenters. The maximum atomic E-state index is 13.9. The van der Waals surface area contributed by atoms with Crippen molar-refractivity contribution < 1.29 is 27.9 Å². The van der Waals surface area contributed by atoms with Gasteiger partial charge in [0.2, 0.25) is 5.91 Å². The summed E-state index contributed by atoms with van der Waals surface area (Å²) in [6, 6.07) is 13.3. The lowest BCUT2D eigenvalue weighted by atomic mass is 9.98. The number of aromatic nitrogens is 2. The van der Waals surface area contributed by atoms with Gasteiger partial charge in [0.05, 0.1) is 11.9 Å². The van der Waals surface area contributed by atoms with Crippen LogP contribution in [0.3, 0.4) is 0 Å². The third kappa shape index (κ3) is 6.50. The molecule has 0 radical (unpaired) electrons. The Labute approximate surface area is 225 Å². The molecular formula is C29H32F2N4O4. The zero-order valence-corrected chi connectivity index (χ0v) is 22.4. The fourth-order valence-corrected chi connectivity index (χ4v) is 4.74. The van der Waals surface area contributed by atoms with Crippen molar-refractivity contribution in [2.75, 3.05) is 0 Å². The fraction of sp³-hybridized carbons (Fsp3) is 0.379. The summed E-state index contributed by atoms with van der Waals surface area (Å²) in [5.74, 6) is -4.54. The zero-order chi connectivity index (χ0) is 28.5. The highest BCUT2D eigenvalue weighted by atomic mass is 19.3. The van der Waals surface area contributed by atoms with Gasteiger partial charge >= 0.3 is 5.97 Å². The number of rotatable bonds is 9. The number of alkyl halides is 2. The Hall–Kier alpha value is -4.08. The van der Waals surface area contributed by atoms with Crippen LogP contribution in [0.2, 0.25) is 0 Å². The highest BCUT2D eigenvalue weighted by Gasteiger charge is 2.36. The molecule has 2 N–H and O–H groups in total. The van der Waals surface area contributed by atoms with Crippen LogP contribution >= 0.6 is 0 Å². The molecule has 2 amide bonds. The zero-order valence-electron chi connectivity index (χ0n) is 22.4. The molecule has 2 heterocycles. The van der Waals surface area contributed by atoms with Crippen molar-refractivity contribution in [3.8, 4) is 22.4 Å². The first-order chi connectivity index (χ1) is 18.2. The first-order valence-electron chi connectivity index (χ1n) is 12.7. The van der Waals surface area contributed by atoms with Crippen molar-refractivity contribution in [2.24, 2.45) is 5.73 Å². The van der Waals surface area contributed by atoms with Gasteiger partial charge in [-0.25, -0.2) is 8.78 Å². The van der Waals surface area contributed by atoms with Gasteiger partial charge in [-0.05, 0) is 50.5 Å². The van der Waals surface area contributed by atoms with Gasteiger partial charge in [0.25, 0.3) is 11.8 Å². The van der Waals surface area contributed by atoms with Gasteiger partial charge in [-0.1, -0.05) is 36.4 Å². The van der Waals surface area contributed by atoms with Gasteiger partial charge in [-0.2, -0.15) is 5.10 Å². The lowest BCUT2D eigenvalue weighted by Gasteiger charge is -2.25. The predicted molar refractivity (Wildman–Crippen MR) is 142 cm³/mol. The van der Waals surface area contributed by atoms with Crippen molar-refractivity contribution >= 4 is 17.8 Å². The predicted octanol–water partition coefficient (Wildman–Crippen LogP) is 4.80. The van der Waals surface area contributed by atoms with Gasteiger partial charge in [0.15, 0.2) is 0 Å². The summed E-state index contributed by atoms with van der Waals surface area (Å²) in [5.41, 5.74) is 8.62. The van der Waals surface area contributed by atoms with Gasteiger partial charge < -0.3 is 15.4 Å². The molecule has 2 aromatic carbocycles. The fourth-order valence-electron chi connectivity index (χ4n) is 4.74. The molecular weight excluding hydrogens is 506 g/mol. The normalized spacial score (nSPS) is 14.3. The lowest BCUT2D eigenvalue weighted by Crippen LogP contribution is -2.45. The number of carbonyl (C=O) groups excluding carboxylic acids is 3. The standard InChI is InChI=1S/C29H32F2N4O4/c1-28(2,3)39-24(36)13-12-23(26(32)37)34-16-20-14-19(10-11-21(20)27(34)38)22-15-33-35(17-29(4,30)31)25(22)18-8-6-5-7-9-18/h5-11,14-15,23H,12-13,16-17H2,1-4H3,(H2,32,37). The molecule has 4 rings (SSSR count). The summed E-state index contributed by atoms with van der Waals surface area (Å²) >= 11 is 0. The molecule has 0 fully saturated rings.